The van der Waals surface area contributed by atoms with Crippen LogP contribution in [0.5, 0.6) is 0 Å². The maximum atomic E-state index is 10.8. The lowest BCUT2D eigenvalue weighted by Gasteiger charge is -2.03. The molecule has 4 nitrogen and oxygen atoms in total. The standard InChI is InChI=1S/C8H13NO3/c1-4-12-8(6(2)10)5-9-7(3)11/h5H,4H2,1-3H3,(H,9,11)/b8-5+. The van der Waals surface area contributed by atoms with Crippen molar-refractivity contribution in [3.8, 4) is 0 Å². The van der Waals surface area contributed by atoms with Crippen molar-refractivity contribution in [2.24, 2.45) is 0 Å². The molecule has 12 heavy (non-hydrogen) atoms. The van der Waals surface area contributed by atoms with Gasteiger partial charge in [-0.3, -0.25) is 9.59 Å². The van der Waals surface area contributed by atoms with Crippen LogP contribution < -0.4 is 5.32 Å². The monoisotopic (exact) mass is 171 g/mol. The Morgan fingerprint density at radius 3 is 2.33 bits per heavy atom. The fraction of sp³-hybridized carbons (Fsp3) is 0.500. The Balaban J connectivity index is 4.18. The third-order valence-corrected chi connectivity index (χ3v) is 1.05. The minimum absolute atomic E-state index is 0.174. The lowest BCUT2D eigenvalue weighted by atomic mass is 10.4. The first-order chi connectivity index (χ1) is 5.57. The summed E-state index contributed by atoms with van der Waals surface area (Å²) in [7, 11) is 0. The topological polar surface area (TPSA) is 55.4 Å². The lowest BCUT2D eigenvalue weighted by molar-refractivity contribution is -0.118. The van der Waals surface area contributed by atoms with Gasteiger partial charge >= 0.3 is 0 Å². The Kier molecular flexibility index (Phi) is 4.76. The molecule has 1 amide bonds. The molecule has 68 valence electrons. The van der Waals surface area contributed by atoms with Crippen LogP contribution >= 0.6 is 0 Å². The Morgan fingerprint density at radius 2 is 2.00 bits per heavy atom. The first-order valence-corrected chi connectivity index (χ1v) is 3.69. The van der Waals surface area contributed by atoms with Gasteiger partial charge in [-0.05, 0) is 6.92 Å². The third-order valence-electron chi connectivity index (χ3n) is 1.05. The van der Waals surface area contributed by atoms with Crippen molar-refractivity contribution in [3.05, 3.63) is 12.0 Å². The summed E-state index contributed by atoms with van der Waals surface area (Å²) in [5.41, 5.74) is 0. The number of allylic oxidation sites excluding steroid dienone is 1. The van der Waals surface area contributed by atoms with Crippen molar-refractivity contribution in [1.82, 2.24) is 5.32 Å². The number of hydrogen-bond acceptors (Lipinski definition) is 3. The second-order valence-electron chi connectivity index (χ2n) is 2.20. The van der Waals surface area contributed by atoms with E-state index in [1.54, 1.807) is 6.92 Å². The highest BCUT2D eigenvalue weighted by Gasteiger charge is 2.03. The summed E-state index contributed by atoms with van der Waals surface area (Å²) in [6.45, 7) is 4.92. The average molecular weight is 171 g/mol. The molecule has 0 aromatic heterocycles. The number of amides is 1. The van der Waals surface area contributed by atoms with Crippen molar-refractivity contribution in [2.45, 2.75) is 20.8 Å². The van der Waals surface area contributed by atoms with Gasteiger partial charge in [0.2, 0.25) is 5.91 Å². The normalized spacial score (nSPS) is 10.8. The molecule has 0 aromatic carbocycles. The van der Waals surface area contributed by atoms with Crippen LogP contribution in [0.1, 0.15) is 20.8 Å². The second-order valence-corrected chi connectivity index (χ2v) is 2.20. The minimum Gasteiger partial charge on any atom is -0.489 e. The molecular formula is C8H13NO3. The van der Waals surface area contributed by atoms with E-state index in [9.17, 15) is 9.59 Å². The van der Waals surface area contributed by atoms with Crippen molar-refractivity contribution < 1.29 is 14.3 Å². The Labute approximate surface area is 71.6 Å². The molecule has 0 rings (SSSR count). The number of carbonyl (C=O) groups excluding carboxylic acids is 2. The number of ketones is 1. The van der Waals surface area contributed by atoms with Crippen LogP contribution in [-0.4, -0.2) is 18.3 Å². The van der Waals surface area contributed by atoms with Gasteiger partial charge in [0.05, 0.1) is 6.61 Å². The fourth-order valence-corrected chi connectivity index (χ4v) is 0.568. The number of Topliss-reactive ketones (excluding diaryl/α,β-unsaturated/α-hetero) is 1. The minimum atomic E-state index is -0.228. The van der Waals surface area contributed by atoms with Crippen LogP contribution in [0.25, 0.3) is 0 Å². The number of ether oxygens (including phenoxy) is 1. The van der Waals surface area contributed by atoms with Gasteiger partial charge in [-0.25, -0.2) is 0 Å². The zero-order valence-electron chi connectivity index (χ0n) is 7.51. The summed E-state index contributed by atoms with van der Waals surface area (Å²) in [5, 5.41) is 2.36. The molecule has 0 bridgehead atoms. The van der Waals surface area contributed by atoms with Gasteiger partial charge in [-0.1, -0.05) is 0 Å². The molecule has 0 fully saturated rings. The van der Waals surface area contributed by atoms with E-state index < -0.39 is 0 Å². The maximum Gasteiger partial charge on any atom is 0.220 e. The molecule has 0 saturated carbocycles. The zero-order valence-corrected chi connectivity index (χ0v) is 7.51. The first kappa shape index (κ1) is 10.7. The molecule has 0 aliphatic carbocycles. The van der Waals surface area contributed by atoms with Crippen molar-refractivity contribution in [3.63, 3.8) is 0 Å². The van der Waals surface area contributed by atoms with E-state index in [4.69, 9.17) is 4.74 Å². The molecule has 0 aromatic rings. The van der Waals surface area contributed by atoms with Crippen LogP contribution in [0.2, 0.25) is 0 Å². The number of rotatable bonds is 4. The SMILES string of the molecule is CCO/C(=C/NC(C)=O)C(C)=O. The van der Waals surface area contributed by atoms with Crippen molar-refractivity contribution >= 4 is 11.7 Å². The van der Waals surface area contributed by atoms with E-state index in [2.05, 4.69) is 5.32 Å². The summed E-state index contributed by atoms with van der Waals surface area (Å²) in [5.74, 6) is -0.258. The predicted octanol–water partition coefficient (Wildman–Crippen LogP) is 0.589. The van der Waals surface area contributed by atoms with Gasteiger partial charge in [-0.2, -0.15) is 0 Å². The molecule has 0 aliphatic heterocycles. The molecule has 0 aliphatic rings. The van der Waals surface area contributed by atoms with Gasteiger partial charge in [0, 0.05) is 20.0 Å². The third kappa shape index (κ3) is 4.49. The molecule has 4 heteroatoms. The van der Waals surface area contributed by atoms with Gasteiger partial charge < -0.3 is 10.1 Å². The van der Waals surface area contributed by atoms with Gasteiger partial charge in [-0.15, -0.1) is 0 Å². The predicted molar refractivity (Wildman–Crippen MR) is 44.2 cm³/mol. The van der Waals surface area contributed by atoms with E-state index >= 15 is 0 Å². The van der Waals surface area contributed by atoms with E-state index in [-0.39, 0.29) is 17.4 Å². The van der Waals surface area contributed by atoms with Crippen molar-refractivity contribution in [2.75, 3.05) is 6.61 Å². The van der Waals surface area contributed by atoms with Crippen LogP contribution in [0.15, 0.2) is 12.0 Å². The molecule has 0 radical (unpaired) electrons. The van der Waals surface area contributed by atoms with Crippen molar-refractivity contribution in [1.29, 1.82) is 0 Å². The number of nitrogens with one attached hydrogen (secondary N) is 1. The summed E-state index contributed by atoms with van der Waals surface area (Å²) >= 11 is 0. The van der Waals surface area contributed by atoms with E-state index in [1.165, 1.54) is 20.0 Å². The highest BCUT2D eigenvalue weighted by Crippen LogP contribution is 1.96. The quantitative estimate of drug-likeness (QED) is 0.497. The first-order valence-electron chi connectivity index (χ1n) is 3.69. The van der Waals surface area contributed by atoms with Gasteiger partial charge in [0.1, 0.15) is 0 Å². The molecule has 0 atom stereocenters. The van der Waals surface area contributed by atoms with Crippen LogP contribution in [0.4, 0.5) is 0 Å². The fourth-order valence-electron chi connectivity index (χ4n) is 0.568. The molecule has 0 spiro atoms. The molecular weight excluding hydrogens is 158 g/mol. The number of hydrogen-bond donors (Lipinski definition) is 1. The smallest absolute Gasteiger partial charge is 0.220 e. The summed E-state index contributed by atoms with van der Waals surface area (Å²) in [4.78, 5) is 21.3. The van der Waals surface area contributed by atoms with E-state index in [1.807, 2.05) is 0 Å². The second kappa shape index (κ2) is 5.35. The highest BCUT2D eigenvalue weighted by molar-refractivity contribution is 5.91. The van der Waals surface area contributed by atoms with Crippen LogP contribution in [0.3, 0.4) is 0 Å². The molecule has 1 N–H and O–H groups in total. The summed E-state index contributed by atoms with van der Waals surface area (Å²) < 4.78 is 4.95. The van der Waals surface area contributed by atoms with Crippen LogP contribution in [-0.2, 0) is 14.3 Å². The van der Waals surface area contributed by atoms with Gasteiger partial charge in [0.25, 0.3) is 0 Å². The zero-order chi connectivity index (χ0) is 9.56. The number of carbonyl (C=O) groups is 2. The lowest BCUT2D eigenvalue weighted by Crippen LogP contribution is -2.15. The van der Waals surface area contributed by atoms with E-state index in [0.29, 0.717) is 6.61 Å². The molecule has 0 unspecified atom stereocenters. The maximum absolute atomic E-state index is 10.8. The Bertz CT molecular complexity index is 208. The molecule has 0 heterocycles. The Morgan fingerprint density at radius 1 is 1.42 bits per heavy atom. The van der Waals surface area contributed by atoms with Gasteiger partial charge in [0.15, 0.2) is 11.5 Å². The Hall–Kier alpha value is -1.32. The largest absolute Gasteiger partial charge is 0.489 e. The summed E-state index contributed by atoms with van der Waals surface area (Å²) in [6, 6.07) is 0. The molecule has 0 saturated heterocycles. The van der Waals surface area contributed by atoms with E-state index in [0.717, 1.165) is 0 Å². The highest BCUT2D eigenvalue weighted by atomic mass is 16.5. The van der Waals surface area contributed by atoms with Crippen LogP contribution in [0, 0.1) is 0 Å². The average Bonchev–Trinajstić information content (AvgIpc) is 1.96. The summed E-state index contributed by atoms with van der Waals surface area (Å²) in [6.07, 6.45) is 1.27.